The second-order valence-corrected chi connectivity index (χ2v) is 6.83. The molecule has 0 aliphatic carbocycles. The lowest BCUT2D eigenvalue weighted by molar-refractivity contribution is -0.125. The van der Waals surface area contributed by atoms with Crippen molar-refractivity contribution in [2.45, 2.75) is 6.54 Å². The summed E-state index contributed by atoms with van der Waals surface area (Å²) >= 11 is 0. The third-order valence-electron chi connectivity index (χ3n) is 4.68. The van der Waals surface area contributed by atoms with Gasteiger partial charge in [0.15, 0.2) is 19.0 Å². The Balaban J connectivity index is 1.45. The van der Waals surface area contributed by atoms with Gasteiger partial charge >= 0.3 is 0 Å². The molecule has 2 heterocycles. The Morgan fingerprint density at radius 2 is 1.90 bits per heavy atom. The topological polar surface area (TPSA) is 98.1 Å². The molecule has 3 aromatic rings. The Kier molecular flexibility index (Phi) is 5.98. The number of hydrogen-bond acceptors (Lipinski definition) is 6. The molecule has 2 amide bonds. The highest BCUT2D eigenvalue weighted by Gasteiger charge is 2.28. The number of nitrogens with one attached hydrogen (secondary N) is 1. The third-order valence-corrected chi connectivity index (χ3v) is 4.68. The van der Waals surface area contributed by atoms with Crippen molar-refractivity contribution in [2.24, 2.45) is 0 Å². The summed E-state index contributed by atoms with van der Waals surface area (Å²) in [6.07, 6.45) is 1.52. The molecule has 0 spiro atoms. The van der Waals surface area contributed by atoms with Gasteiger partial charge in [0.05, 0.1) is 18.5 Å². The number of carbonyl (C=O) groups excluding carboxylic acids is 3. The summed E-state index contributed by atoms with van der Waals surface area (Å²) in [4.78, 5) is 38.7. The summed E-state index contributed by atoms with van der Waals surface area (Å²) in [7, 11) is 0. The first-order valence-corrected chi connectivity index (χ1v) is 9.67. The molecule has 1 aromatic heterocycles. The maximum Gasteiger partial charge on any atom is 0.265 e. The minimum Gasteiger partial charge on any atom is -0.485 e. The summed E-state index contributed by atoms with van der Waals surface area (Å²) in [5.41, 5.74) is 0.726. The maximum absolute atomic E-state index is 12.6. The smallest absolute Gasteiger partial charge is 0.265 e. The molecule has 8 heteroatoms. The monoisotopic (exact) mass is 420 g/mol. The Bertz CT molecular complexity index is 1080. The number of fused-ring (bicyclic) bond motifs is 1. The van der Waals surface area contributed by atoms with E-state index < -0.39 is 0 Å². The van der Waals surface area contributed by atoms with E-state index in [1.54, 1.807) is 42.5 Å². The molecule has 31 heavy (non-hydrogen) atoms. The average Bonchev–Trinajstić information content (AvgIpc) is 3.32. The molecule has 4 rings (SSSR count). The lowest BCUT2D eigenvalue weighted by Gasteiger charge is -2.29. The van der Waals surface area contributed by atoms with Crippen LogP contribution in [0.1, 0.15) is 16.1 Å². The highest BCUT2D eigenvalue weighted by molar-refractivity contribution is 6.04. The van der Waals surface area contributed by atoms with Gasteiger partial charge in [-0.2, -0.15) is 0 Å². The molecule has 158 valence electrons. The SMILES string of the molecule is O=C(CN1C(=O)COc2ccc(C(=O)COc3ccccc3)cc21)NCc1ccco1. The number of anilines is 1. The fraction of sp³-hybridized carbons (Fsp3) is 0.174. The molecule has 0 unspecified atom stereocenters. The Morgan fingerprint density at radius 3 is 2.68 bits per heavy atom. The van der Waals surface area contributed by atoms with Gasteiger partial charge in [0.25, 0.3) is 5.91 Å². The normalized spacial score (nSPS) is 12.6. The van der Waals surface area contributed by atoms with Gasteiger partial charge < -0.3 is 19.2 Å². The highest BCUT2D eigenvalue weighted by Crippen LogP contribution is 2.33. The van der Waals surface area contributed by atoms with E-state index in [1.807, 2.05) is 18.2 Å². The van der Waals surface area contributed by atoms with Crippen LogP contribution in [0, 0.1) is 0 Å². The number of Topliss-reactive ketones (excluding diaryl/α,β-unsaturated/α-hetero) is 1. The summed E-state index contributed by atoms with van der Waals surface area (Å²) in [5.74, 6) is 0.633. The van der Waals surface area contributed by atoms with Crippen LogP contribution in [0.25, 0.3) is 0 Å². The van der Waals surface area contributed by atoms with Crippen LogP contribution in [0.15, 0.2) is 71.3 Å². The molecule has 0 radical (unpaired) electrons. The molecule has 1 aliphatic rings. The number of rotatable bonds is 8. The number of ether oxygens (including phenoxy) is 2. The minimum absolute atomic E-state index is 0.152. The van der Waals surface area contributed by atoms with Crippen LogP contribution in [0.4, 0.5) is 5.69 Å². The van der Waals surface area contributed by atoms with E-state index in [9.17, 15) is 14.4 Å². The number of carbonyl (C=O) groups is 3. The second kappa shape index (κ2) is 9.17. The largest absolute Gasteiger partial charge is 0.485 e. The molecular formula is C23H20N2O6. The minimum atomic E-state index is -0.370. The number of amides is 2. The molecular weight excluding hydrogens is 400 g/mol. The molecule has 0 bridgehead atoms. The molecule has 1 aliphatic heterocycles. The number of ketones is 1. The molecule has 0 saturated heterocycles. The molecule has 2 aromatic carbocycles. The van der Waals surface area contributed by atoms with Crippen LogP contribution in [-0.2, 0) is 16.1 Å². The van der Waals surface area contributed by atoms with E-state index in [0.29, 0.717) is 28.5 Å². The first kappa shape index (κ1) is 20.2. The van der Waals surface area contributed by atoms with Crippen LogP contribution < -0.4 is 19.7 Å². The number of furan rings is 1. The molecule has 0 fully saturated rings. The van der Waals surface area contributed by atoms with Crippen LogP contribution in [0.2, 0.25) is 0 Å². The molecule has 0 saturated carbocycles. The van der Waals surface area contributed by atoms with Crippen molar-refractivity contribution >= 4 is 23.3 Å². The van der Waals surface area contributed by atoms with Gasteiger partial charge in [-0.3, -0.25) is 19.3 Å². The molecule has 0 atom stereocenters. The van der Waals surface area contributed by atoms with E-state index in [-0.39, 0.29) is 43.9 Å². The van der Waals surface area contributed by atoms with Crippen molar-refractivity contribution in [2.75, 3.05) is 24.7 Å². The van der Waals surface area contributed by atoms with Crippen molar-refractivity contribution in [1.29, 1.82) is 0 Å². The van der Waals surface area contributed by atoms with Crippen LogP contribution in [0.3, 0.4) is 0 Å². The summed E-state index contributed by atoms with van der Waals surface area (Å²) in [6.45, 7) is -0.315. The van der Waals surface area contributed by atoms with Gasteiger partial charge in [-0.25, -0.2) is 0 Å². The molecule has 8 nitrogen and oxygen atoms in total. The fourth-order valence-corrected chi connectivity index (χ4v) is 3.10. The van der Waals surface area contributed by atoms with E-state index in [0.717, 1.165) is 0 Å². The first-order chi connectivity index (χ1) is 15.1. The van der Waals surface area contributed by atoms with Crippen LogP contribution >= 0.6 is 0 Å². The summed E-state index contributed by atoms with van der Waals surface area (Å²) < 4.78 is 16.1. The summed E-state index contributed by atoms with van der Waals surface area (Å²) in [6, 6.07) is 17.2. The zero-order chi connectivity index (χ0) is 21.6. The van der Waals surface area contributed by atoms with Gasteiger partial charge in [0.1, 0.15) is 23.8 Å². The maximum atomic E-state index is 12.6. The van der Waals surface area contributed by atoms with Crippen molar-refractivity contribution in [3.8, 4) is 11.5 Å². The molecule has 1 N–H and O–H groups in total. The van der Waals surface area contributed by atoms with E-state index in [2.05, 4.69) is 5.32 Å². The van der Waals surface area contributed by atoms with Gasteiger partial charge in [0, 0.05) is 5.56 Å². The Hall–Kier alpha value is -4.07. The average molecular weight is 420 g/mol. The predicted molar refractivity (Wildman–Crippen MR) is 111 cm³/mol. The van der Waals surface area contributed by atoms with Crippen molar-refractivity contribution in [3.05, 3.63) is 78.3 Å². The van der Waals surface area contributed by atoms with Gasteiger partial charge in [-0.05, 0) is 42.5 Å². The van der Waals surface area contributed by atoms with Gasteiger partial charge in [-0.1, -0.05) is 18.2 Å². The highest BCUT2D eigenvalue weighted by atomic mass is 16.5. The van der Waals surface area contributed by atoms with E-state index >= 15 is 0 Å². The summed E-state index contributed by atoms with van der Waals surface area (Å²) in [5, 5.41) is 2.71. The third kappa shape index (κ3) is 4.92. The Morgan fingerprint density at radius 1 is 1.06 bits per heavy atom. The van der Waals surface area contributed by atoms with Crippen LogP contribution in [0.5, 0.6) is 11.5 Å². The fourth-order valence-electron chi connectivity index (χ4n) is 3.10. The number of nitrogens with zero attached hydrogens (tertiary/aromatic N) is 1. The van der Waals surface area contributed by atoms with E-state index in [1.165, 1.54) is 11.2 Å². The number of para-hydroxylation sites is 1. The van der Waals surface area contributed by atoms with E-state index in [4.69, 9.17) is 13.9 Å². The zero-order valence-electron chi connectivity index (χ0n) is 16.6. The standard InChI is InChI=1S/C23H20N2O6/c26-20(14-30-17-5-2-1-3-6-17)16-8-9-21-19(11-16)25(23(28)15-31-21)13-22(27)24-12-18-7-4-10-29-18/h1-11H,12-15H2,(H,24,27). The lowest BCUT2D eigenvalue weighted by atomic mass is 10.1. The zero-order valence-corrected chi connectivity index (χ0v) is 16.6. The number of benzene rings is 2. The van der Waals surface area contributed by atoms with Crippen LogP contribution in [-0.4, -0.2) is 37.4 Å². The van der Waals surface area contributed by atoms with Crippen molar-refractivity contribution < 1.29 is 28.3 Å². The number of hydrogen-bond donors (Lipinski definition) is 1. The van der Waals surface area contributed by atoms with Crippen molar-refractivity contribution in [1.82, 2.24) is 5.32 Å². The predicted octanol–water partition coefficient (Wildman–Crippen LogP) is 2.58. The van der Waals surface area contributed by atoms with Crippen molar-refractivity contribution in [3.63, 3.8) is 0 Å². The van der Waals surface area contributed by atoms with Gasteiger partial charge in [0.2, 0.25) is 5.91 Å². The lowest BCUT2D eigenvalue weighted by Crippen LogP contribution is -2.45. The quantitative estimate of drug-likeness (QED) is 0.563. The van der Waals surface area contributed by atoms with Gasteiger partial charge in [-0.15, -0.1) is 0 Å². The Labute approximate surface area is 178 Å². The first-order valence-electron chi connectivity index (χ1n) is 9.67. The second-order valence-electron chi connectivity index (χ2n) is 6.83.